The van der Waals surface area contributed by atoms with Crippen molar-refractivity contribution in [2.75, 3.05) is 17.2 Å². The first kappa shape index (κ1) is 19.7. The average Bonchev–Trinajstić information content (AvgIpc) is 2.84. The van der Waals surface area contributed by atoms with Crippen molar-refractivity contribution in [3.63, 3.8) is 0 Å². The van der Waals surface area contributed by atoms with E-state index in [2.05, 4.69) is 37.5 Å². The summed E-state index contributed by atoms with van der Waals surface area (Å²) < 4.78 is 5.16. The van der Waals surface area contributed by atoms with Gasteiger partial charge in [0.1, 0.15) is 6.61 Å². The molecule has 2 N–H and O–H groups in total. The monoisotopic (exact) mass is 377 g/mol. The molecule has 1 aromatic rings. The van der Waals surface area contributed by atoms with Crippen LogP contribution in [0.25, 0.3) is 22.2 Å². The number of carbonyl (C=O) groups excluding carboxylic acids is 1. The number of hydrogen-bond acceptors (Lipinski definition) is 4. The molecule has 3 rings (SSSR count). The number of hydrogen-bond donors (Lipinski definition) is 2. The molecule has 1 heterocycles. The Morgan fingerprint density at radius 2 is 1.93 bits per heavy atom. The van der Waals surface area contributed by atoms with Gasteiger partial charge in [-0.1, -0.05) is 43.3 Å². The topological polar surface area (TPSA) is 63.2 Å². The highest BCUT2D eigenvalue weighted by Crippen LogP contribution is 2.36. The molecule has 1 aliphatic carbocycles. The van der Waals surface area contributed by atoms with E-state index in [4.69, 9.17) is 9.72 Å². The lowest BCUT2D eigenvalue weighted by Crippen LogP contribution is -2.26. The molecule has 1 aromatic carbocycles. The molecule has 0 saturated carbocycles. The summed E-state index contributed by atoms with van der Waals surface area (Å²) in [5, 5.41) is 7.37. The Balaban J connectivity index is 1.89. The van der Waals surface area contributed by atoms with Gasteiger partial charge in [-0.25, -0.2) is 9.78 Å². The smallest absolute Gasteiger partial charge is 0.411 e. The molecule has 0 atom stereocenters. The van der Waals surface area contributed by atoms with Crippen LogP contribution in [-0.4, -0.2) is 23.2 Å². The van der Waals surface area contributed by atoms with Crippen LogP contribution in [0, 0.1) is 0 Å². The zero-order valence-electron chi connectivity index (χ0n) is 16.9. The Morgan fingerprint density at radius 3 is 2.68 bits per heavy atom. The maximum Gasteiger partial charge on any atom is 0.411 e. The molecular formula is C23H27N3O2. The van der Waals surface area contributed by atoms with Crippen LogP contribution >= 0.6 is 0 Å². The number of anilines is 2. The van der Waals surface area contributed by atoms with Crippen molar-refractivity contribution >= 4 is 28.4 Å². The normalized spacial score (nSPS) is 11.9. The molecule has 0 radical (unpaired) electrons. The third kappa shape index (κ3) is 4.80. The van der Waals surface area contributed by atoms with E-state index in [1.54, 1.807) is 0 Å². The van der Waals surface area contributed by atoms with Crippen molar-refractivity contribution in [2.45, 2.75) is 39.7 Å². The Bertz CT molecular complexity index is 973. The van der Waals surface area contributed by atoms with Crippen LogP contribution in [0.5, 0.6) is 0 Å². The van der Waals surface area contributed by atoms with Crippen molar-refractivity contribution in [3.8, 4) is 11.3 Å². The first-order chi connectivity index (χ1) is 13.4. The van der Waals surface area contributed by atoms with Gasteiger partial charge in [-0.2, -0.15) is 0 Å². The quantitative estimate of drug-likeness (QED) is 0.530. The molecule has 1 aliphatic heterocycles. The molecule has 28 heavy (non-hydrogen) atoms. The van der Waals surface area contributed by atoms with Gasteiger partial charge in [-0.15, -0.1) is 0 Å². The minimum absolute atomic E-state index is 0.0627. The fourth-order valence-corrected chi connectivity index (χ4v) is 3.02. The van der Waals surface area contributed by atoms with Gasteiger partial charge >= 0.3 is 6.09 Å². The summed E-state index contributed by atoms with van der Waals surface area (Å²) in [6.45, 7) is 8.66. The molecular weight excluding hydrogens is 350 g/mol. The molecule has 2 aliphatic rings. The van der Waals surface area contributed by atoms with Gasteiger partial charge in [-0.3, -0.25) is 5.32 Å². The second kappa shape index (κ2) is 8.30. The van der Waals surface area contributed by atoms with Crippen LogP contribution in [0.1, 0.15) is 34.1 Å². The Labute approximate surface area is 166 Å². The lowest BCUT2D eigenvalue weighted by atomic mass is 10.1. The van der Waals surface area contributed by atoms with E-state index in [-0.39, 0.29) is 12.1 Å². The van der Waals surface area contributed by atoms with Crippen molar-refractivity contribution in [3.05, 3.63) is 54.6 Å². The maximum atomic E-state index is 12.0. The molecule has 5 nitrogen and oxygen atoms in total. The van der Waals surface area contributed by atoms with E-state index in [0.29, 0.717) is 5.69 Å². The second-order valence-electron chi connectivity index (χ2n) is 7.72. The summed E-state index contributed by atoms with van der Waals surface area (Å²) in [4.78, 5) is 16.8. The van der Waals surface area contributed by atoms with Crippen LogP contribution in [0.4, 0.5) is 16.2 Å². The van der Waals surface area contributed by atoms with Gasteiger partial charge in [0.25, 0.3) is 0 Å². The number of benzene rings is 1. The Kier molecular flexibility index (Phi) is 5.83. The highest BCUT2D eigenvalue weighted by molar-refractivity contribution is 6.03. The van der Waals surface area contributed by atoms with Gasteiger partial charge in [0, 0.05) is 22.2 Å². The van der Waals surface area contributed by atoms with Crippen LogP contribution in [0.2, 0.25) is 0 Å². The fraction of sp³-hybridized carbons (Fsp3) is 0.304. The summed E-state index contributed by atoms with van der Waals surface area (Å²) in [6, 6.07) is 13.8. The van der Waals surface area contributed by atoms with Crippen LogP contribution < -0.4 is 10.6 Å². The number of amides is 1. The maximum absolute atomic E-state index is 12.0. The molecule has 0 fully saturated rings. The van der Waals surface area contributed by atoms with Gasteiger partial charge in [-0.05, 0) is 45.4 Å². The highest BCUT2D eigenvalue weighted by Gasteiger charge is 2.17. The Hall–Kier alpha value is -3.08. The zero-order chi connectivity index (χ0) is 20.1. The number of nitrogens with one attached hydrogen (secondary N) is 2. The van der Waals surface area contributed by atoms with Crippen molar-refractivity contribution in [2.24, 2.45) is 0 Å². The third-order valence-corrected chi connectivity index (χ3v) is 4.13. The molecule has 1 amide bonds. The summed E-state index contributed by atoms with van der Waals surface area (Å²) in [6.07, 6.45) is 4.23. The minimum Gasteiger partial charge on any atom is -0.445 e. The van der Waals surface area contributed by atoms with Crippen molar-refractivity contribution in [1.82, 2.24) is 4.98 Å². The van der Waals surface area contributed by atoms with E-state index in [1.807, 2.05) is 55.5 Å². The van der Waals surface area contributed by atoms with Gasteiger partial charge in [0.15, 0.2) is 0 Å². The lowest BCUT2D eigenvalue weighted by Gasteiger charge is -2.22. The van der Waals surface area contributed by atoms with E-state index in [0.717, 1.165) is 34.3 Å². The SMILES string of the molecule is CCC=CCOC(=O)Nc1cccc2c3cccc(NC(C)(C)C)c3nc-2c1. The number of ether oxygens (including phenoxy) is 1. The molecule has 0 unspecified atom stereocenters. The van der Waals surface area contributed by atoms with E-state index in [9.17, 15) is 4.79 Å². The largest absolute Gasteiger partial charge is 0.445 e. The van der Waals surface area contributed by atoms with E-state index >= 15 is 0 Å². The number of rotatable bonds is 5. The summed E-state index contributed by atoms with van der Waals surface area (Å²) in [5.41, 5.74) is 4.38. The van der Waals surface area contributed by atoms with Gasteiger partial charge in [0.05, 0.1) is 16.9 Å². The summed E-state index contributed by atoms with van der Waals surface area (Å²) >= 11 is 0. The van der Waals surface area contributed by atoms with Crippen LogP contribution in [0.15, 0.2) is 54.6 Å². The predicted octanol–water partition coefficient (Wildman–Crippen LogP) is 6.06. The standard InChI is InChI=1S/C23H27N3O2/c1-5-6-7-14-28-22(27)24-16-10-8-11-17-18-12-9-13-19(26-23(2,3)4)21(18)25-20(17)15-16/h6-13,15,26H,5,14H2,1-4H3,(H,24,27). The van der Waals surface area contributed by atoms with E-state index < -0.39 is 6.09 Å². The number of nitrogens with zero attached hydrogens (tertiary/aromatic N) is 1. The third-order valence-electron chi connectivity index (χ3n) is 4.13. The lowest BCUT2D eigenvalue weighted by molar-refractivity contribution is 0.174. The first-order valence-electron chi connectivity index (χ1n) is 9.57. The molecule has 5 heteroatoms. The number of carbonyl (C=O) groups is 1. The number of allylic oxidation sites excluding steroid dienone is 1. The van der Waals surface area contributed by atoms with Gasteiger partial charge < -0.3 is 10.1 Å². The van der Waals surface area contributed by atoms with Crippen molar-refractivity contribution < 1.29 is 9.53 Å². The van der Waals surface area contributed by atoms with Crippen molar-refractivity contribution in [1.29, 1.82) is 0 Å². The molecule has 146 valence electrons. The summed E-state index contributed by atoms with van der Waals surface area (Å²) in [5.74, 6) is 0. The average molecular weight is 377 g/mol. The fourth-order valence-electron chi connectivity index (χ4n) is 3.02. The number of fused-ring (bicyclic) bond motifs is 3. The second-order valence-corrected chi connectivity index (χ2v) is 7.72. The first-order valence-corrected chi connectivity index (χ1v) is 9.57. The van der Waals surface area contributed by atoms with Crippen LogP contribution in [-0.2, 0) is 4.74 Å². The predicted molar refractivity (Wildman–Crippen MR) is 116 cm³/mol. The molecule has 0 saturated heterocycles. The highest BCUT2D eigenvalue weighted by atomic mass is 16.5. The molecule has 0 spiro atoms. The zero-order valence-corrected chi connectivity index (χ0v) is 16.9. The minimum atomic E-state index is -0.480. The van der Waals surface area contributed by atoms with E-state index in [1.165, 1.54) is 0 Å². The summed E-state index contributed by atoms with van der Waals surface area (Å²) in [7, 11) is 0. The van der Waals surface area contributed by atoms with Gasteiger partial charge in [0.2, 0.25) is 0 Å². The van der Waals surface area contributed by atoms with Crippen LogP contribution in [0.3, 0.4) is 0 Å². The molecule has 0 bridgehead atoms. The Morgan fingerprint density at radius 1 is 1.14 bits per heavy atom. The molecule has 0 aromatic heterocycles. The number of para-hydroxylation sites is 1. The number of aromatic nitrogens is 1.